The summed E-state index contributed by atoms with van der Waals surface area (Å²) in [7, 11) is 0. The van der Waals surface area contributed by atoms with E-state index in [1.807, 2.05) is 49.4 Å². The number of aliphatic hydroxyl groups is 1. The van der Waals surface area contributed by atoms with E-state index in [9.17, 15) is 4.79 Å². The van der Waals surface area contributed by atoms with Gasteiger partial charge < -0.3 is 5.11 Å². The largest absolute Gasteiger partial charge is 0.396 e. The first kappa shape index (κ1) is 13.7. The fourth-order valence-corrected chi connectivity index (χ4v) is 2.90. The Morgan fingerprint density at radius 2 is 2.05 bits per heavy atom. The Hall–Kier alpha value is -1.71. The second-order valence-electron chi connectivity index (χ2n) is 4.23. The highest BCUT2D eigenvalue weighted by Gasteiger charge is 2.11. The lowest BCUT2D eigenvalue weighted by Crippen LogP contribution is -1.89. The molecule has 0 bridgehead atoms. The minimum Gasteiger partial charge on any atom is -0.396 e. The fraction of sp³-hybridized carbons (Fsp3) is 0.188. The molecule has 0 spiro atoms. The molecule has 0 atom stereocenters. The van der Waals surface area contributed by atoms with Gasteiger partial charge in [0.1, 0.15) is 0 Å². The van der Waals surface area contributed by atoms with Gasteiger partial charge in [-0.05, 0) is 36.1 Å². The molecule has 1 heterocycles. The third-order valence-electron chi connectivity index (χ3n) is 2.91. The summed E-state index contributed by atoms with van der Waals surface area (Å²) in [6, 6.07) is 12.0. The number of benzene rings is 1. The first-order valence-electron chi connectivity index (χ1n) is 6.18. The smallest absolute Gasteiger partial charge is 0.160 e. The zero-order chi connectivity index (χ0) is 13.7. The van der Waals surface area contributed by atoms with Gasteiger partial charge in [-0.25, -0.2) is 0 Å². The number of carbonyl (C=O) groups excluding carboxylic acids is 1. The lowest BCUT2D eigenvalue weighted by atomic mass is 9.97. The van der Waals surface area contributed by atoms with Gasteiger partial charge in [0.05, 0.1) is 4.88 Å². The van der Waals surface area contributed by atoms with Crippen LogP contribution in [0.15, 0.2) is 42.5 Å². The SMILES string of the molecule is Cc1sc(C=O)cc1/C(=C/CCO)c1ccccc1. The van der Waals surface area contributed by atoms with Crippen molar-refractivity contribution in [2.75, 3.05) is 6.61 Å². The van der Waals surface area contributed by atoms with Gasteiger partial charge >= 0.3 is 0 Å². The van der Waals surface area contributed by atoms with Crippen LogP contribution < -0.4 is 0 Å². The van der Waals surface area contributed by atoms with E-state index in [-0.39, 0.29) is 6.61 Å². The minimum absolute atomic E-state index is 0.125. The summed E-state index contributed by atoms with van der Waals surface area (Å²) in [5, 5.41) is 9.03. The standard InChI is InChI=1S/C16H16O2S/c1-12-16(10-14(11-18)19-12)15(8-5-9-17)13-6-3-2-4-7-13/h2-4,6-8,10-11,17H,5,9H2,1H3/b15-8+. The molecule has 19 heavy (non-hydrogen) atoms. The molecule has 0 aliphatic heterocycles. The highest BCUT2D eigenvalue weighted by Crippen LogP contribution is 2.31. The molecule has 1 aromatic carbocycles. The molecular weight excluding hydrogens is 256 g/mol. The lowest BCUT2D eigenvalue weighted by Gasteiger charge is -2.07. The molecule has 0 aliphatic carbocycles. The van der Waals surface area contributed by atoms with Crippen LogP contribution in [0.2, 0.25) is 0 Å². The highest BCUT2D eigenvalue weighted by molar-refractivity contribution is 7.13. The predicted molar refractivity (Wildman–Crippen MR) is 79.7 cm³/mol. The van der Waals surface area contributed by atoms with Gasteiger partial charge in [-0.2, -0.15) is 0 Å². The van der Waals surface area contributed by atoms with Gasteiger partial charge in [0.25, 0.3) is 0 Å². The Bertz CT molecular complexity index is 582. The second kappa shape index (κ2) is 6.45. The van der Waals surface area contributed by atoms with E-state index in [0.717, 1.165) is 32.7 Å². The zero-order valence-corrected chi connectivity index (χ0v) is 11.6. The van der Waals surface area contributed by atoms with Crippen molar-refractivity contribution in [1.29, 1.82) is 0 Å². The van der Waals surface area contributed by atoms with Gasteiger partial charge in [-0.3, -0.25) is 4.79 Å². The summed E-state index contributed by atoms with van der Waals surface area (Å²) in [6.45, 7) is 2.14. The van der Waals surface area contributed by atoms with Crippen LogP contribution in [0.5, 0.6) is 0 Å². The van der Waals surface area contributed by atoms with Gasteiger partial charge in [-0.15, -0.1) is 11.3 Å². The van der Waals surface area contributed by atoms with Crippen LogP contribution in [0.4, 0.5) is 0 Å². The molecule has 0 radical (unpaired) electrons. The average Bonchev–Trinajstić information content (AvgIpc) is 2.82. The van der Waals surface area contributed by atoms with Crippen molar-refractivity contribution in [2.45, 2.75) is 13.3 Å². The van der Waals surface area contributed by atoms with Crippen molar-refractivity contribution in [3.8, 4) is 0 Å². The highest BCUT2D eigenvalue weighted by atomic mass is 32.1. The molecule has 0 unspecified atom stereocenters. The van der Waals surface area contributed by atoms with E-state index in [1.165, 1.54) is 11.3 Å². The van der Waals surface area contributed by atoms with Gasteiger partial charge in [0.15, 0.2) is 6.29 Å². The molecular formula is C16H16O2S. The summed E-state index contributed by atoms with van der Waals surface area (Å²) < 4.78 is 0. The third-order valence-corrected chi connectivity index (χ3v) is 3.88. The van der Waals surface area contributed by atoms with Crippen LogP contribution in [0, 0.1) is 6.92 Å². The first-order chi connectivity index (χ1) is 9.26. The summed E-state index contributed by atoms with van der Waals surface area (Å²) in [6.07, 6.45) is 3.52. The zero-order valence-electron chi connectivity index (χ0n) is 10.8. The van der Waals surface area contributed by atoms with Crippen molar-refractivity contribution < 1.29 is 9.90 Å². The van der Waals surface area contributed by atoms with E-state index < -0.39 is 0 Å². The Balaban J connectivity index is 2.49. The van der Waals surface area contributed by atoms with Crippen molar-refractivity contribution >= 4 is 23.2 Å². The molecule has 0 fully saturated rings. The van der Waals surface area contributed by atoms with E-state index in [4.69, 9.17) is 5.11 Å². The minimum atomic E-state index is 0.125. The molecule has 0 aliphatic rings. The molecule has 1 aromatic heterocycles. The number of carbonyl (C=O) groups is 1. The summed E-state index contributed by atoms with van der Waals surface area (Å²) in [4.78, 5) is 12.8. The topological polar surface area (TPSA) is 37.3 Å². The Morgan fingerprint density at radius 3 is 2.63 bits per heavy atom. The molecule has 2 aromatic rings. The van der Waals surface area contributed by atoms with Crippen molar-refractivity contribution in [2.24, 2.45) is 0 Å². The number of aliphatic hydroxyl groups excluding tert-OH is 1. The Kier molecular flexibility index (Phi) is 4.66. The fourth-order valence-electron chi connectivity index (χ4n) is 2.04. The Morgan fingerprint density at radius 1 is 1.32 bits per heavy atom. The van der Waals surface area contributed by atoms with Crippen LogP contribution in [0.1, 0.15) is 32.1 Å². The van der Waals surface area contributed by atoms with Crippen molar-refractivity contribution in [3.63, 3.8) is 0 Å². The molecule has 0 amide bonds. The van der Waals surface area contributed by atoms with E-state index in [1.54, 1.807) is 0 Å². The summed E-state index contributed by atoms with van der Waals surface area (Å²) in [5.74, 6) is 0. The van der Waals surface area contributed by atoms with E-state index >= 15 is 0 Å². The summed E-state index contributed by atoms with van der Waals surface area (Å²) in [5.41, 5.74) is 3.26. The maximum Gasteiger partial charge on any atom is 0.160 e. The molecule has 3 heteroatoms. The van der Waals surface area contributed by atoms with Gasteiger partial charge in [0, 0.05) is 11.5 Å². The van der Waals surface area contributed by atoms with Crippen molar-refractivity contribution in [1.82, 2.24) is 0 Å². The maximum absolute atomic E-state index is 10.9. The van der Waals surface area contributed by atoms with Gasteiger partial charge in [0.2, 0.25) is 0 Å². The Labute approximate surface area is 117 Å². The van der Waals surface area contributed by atoms with Crippen LogP contribution in [-0.4, -0.2) is 18.0 Å². The molecule has 0 saturated heterocycles. The molecule has 98 valence electrons. The molecule has 2 nitrogen and oxygen atoms in total. The third kappa shape index (κ3) is 3.19. The number of thiophene rings is 1. The quantitative estimate of drug-likeness (QED) is 0.843. The van der Waals surface area contributed by atoms with Crippen LogP contribution in [0.3, 0.4) is 0 Å². The number of hydrogen-bond donors (Lipinski definition) is 1. The van der Waals surface area contributed by atoms with Crippen molar-refractivity contribution in [3.05, 3.63) is 63.4 Å². The first-order valence-corrected chi connectivity index (χ1v) is 7.00. The predicted octanol–water partition coefficient (Wildman–Crippen LogP) is 3.68. The number of aldehydes is 1. The second-order valence-corrected chi connectivity index (χ2v) is 5.52. The monoisotopic (exact) mass is 272 g/mol. The molecule has 0 saturated carbocycles. The molecule has 2 rings (SSSR count). The van der Waals surface area contributed by atoms with Gasteiger partial charge in [-0.1, -0.05) is 36.4 Å². The number of rotatable bonds is 5. The van der Waals surface area contributed by atoms with Crippen LogP contribution >= 0.6 is 11.3 Å². The normalized spacial score (nSPS) is 11.6. The van der Waals surface area contributed by atoms with E-state index in [0.29, 0.717) is 6.42 Å². The number of hydrogen-bond acceptors (Lipinski definition) is 3. The summed E-state index contributed by atoms with van der Waals surface area (Å²) >= 11 is 1.50. The van der Waals surface area contributed by atoms with E-state index in [2.05, 4.69) is 0 Å². The molecule has 1 N–H and O–H groups in total. The lowest BCUT2D eigenvalue weighted by molar-refractivity contribution is 0.112. The van der Waals surface area contributed by atoms with Crippen LogP contribution in [-0.2, 0) is 0 Å². The maximum atomic E-state index is 10.9. The number of aryl methyl sites for hydroxylation is 1. The average molecular weight is 272 g/mol. The van der Waals surface area contributed by atoms with Crippen LogP contribution in [0.25, 0.3) is 5.57 Å².